The SMILES string of the molecule is CCC(N)Cc1cc(C)ccc1OC(C)C#N. The molecule has 0 aliphatic rings. The van der Waals surface area contributed by atoms with Gasteiger partial charge in [-0.25, -0.2) is 0 Å². The number of ether oxygens (including phenoxy) is 1. The van der Waals surface area contributed by atoms with Gasteiger partial charge >= 0.3 is 0 Å². The third-order valence-corrected chi connectivity index (χ3v) is 2.71. The van der Waals surface area contributed by atoms with Crippen molar-refractivity contribution in [2.24, 2.45) is 5.73 Å². The minimum Gasteiger partial charge on any atom is -0.476 e. The van der Waals surface area contributed by atoms with Gasteiger partial charge in [0.25, 0.3) is 0 Å². The normalized spacial score (nSPS) is 13.8. The topological polar surface area (TPSA) is 59.0 Å². The lowest BCUT2D eigenvalue weighted by Crippen LogP contribution is -2.22. The Morgan fingerprint density at radius 3 is 2.76 bits per heavy atom. The molecule has 0 bridgehead atoms. The second kappa shape index (κ2) is 6.27. The summed E-state index contributed by atoms with van der Waals surface area (Å²) < 4.78 is 5.58. The van der Waals surface area contributed by atoms with Gasteiger partial charge in [-0.3, -0.25) is 0 Å². The summed E-state index contributed by atoms with van der Waals surface area (Å²) >= 11 is 0. The summed E-state index contributed by atoms with van der Waals surface area (Å²) in [5.74, 6) is 0.772. The van der Waals surface area contributed by atoms with Crippen LogP contribution < -0.4 is 10.5 Å². The molecular formula is C14H20N2O. The fourth-order valence-corrected chi connectivity index (χ4v) is 1.63. The molecule has 1 aromatic carbocycles. The lowest BCUT2D eigenvalue weighted by molar-refractivity contribution is 0.273. The van der Waals surface area contributed by atoms with Gasteiger partial charge in [-0.05, 0) is 38.3 Å². The minimum absolute atomic E-state index is 0.136. The van der Waals surface area contributed by atoms with Gasteiger partial charge in [-0.2, -0.15) is 5.26 Å². The summed E-state index contributed by atoms with van der Waals surface area (Å²) in [6.07, 6.45) is 1.28. The molecule has 2 N–H and O–H groups in total. The average Bonchev–Trinajstić information content (AvgIpc) is 2.32. The van der Waals surface area contributed by atoms with E-state index in [1.807, 2.05) is 19.1 Å². The van der Waals surface area contributed by atoms with E-state index in [1.165, 1.54) is 5.56 Å². The first-order valence-corrected chi connectivity index (χ1v) is 5.98. The van der Waals surface area contributed by atoms with Crippen LogP contribution in [0.1, 0.15) is 31.4 Å². The molecule has 17 heavy (non-hydrogen) atoms. The van der Waals surface area contributed by atoms with E-state index in [4.69, 9.17) is 15.7 Å². The Labute approximate surface area is 103 Å². The summed E-state index contributed by atoms with van der Waals surface area (Å²) in [7, 11) is 0. The van der Waals surface area contributed by atoms with E-state index in [-0.39, 0.29) is 6.04 Å². The molecule has 2 unspecified atom stereocenters. The third-order valence-electron chi connectivity index (χ3n) is 2.71. The smallest absolute Gasteiger partial charge is 0.181 e. The molecule has 2 atom stereocenters. The second-order valence-electron chi connectivity index (χ2n) is 4.37. The van der Waals surface area contributed by atoms with Crippen molar-refractivity contribution in [3.05, 3.63) is 29.3 Å². The van der Waals surface area contributed by atoms with Crippen molar-refractivity contribution in [1.82, 2.24) is 0 Å². The van der Waals surface area contributed by atoms with Gasteiger partial charge in [0.15, 0.2) is 6.10 Å². The second-order valence-corrected chi connectivity index (χ2v) is 4.37. The van der Waals surface area contributed by atoms with Gasteiger partial charge in [0.1, 0.15) is 11.8 Å². The summed E-state index contributed by atoms with van der Waals surface area (Å²) in [5.41, 5.74) is 8.23. The number of nitriles is 1. The van der Waals surface area contributed by atoms with Crippen LogP contribution in [-0.2, 0) is 6.42 Å². The number of nitrogens with zero attached hydrogens (tertiary/aromatic N) is 1. The molecule has 0 amide bonds. The Bertz CT molecular complexity index is 409. The molecule has 0 spiro atoms. The van der Waals surface area contributed by atoms with E-state index >= 15 is 0 Å². The largest absolute Gasteiger partial charge is 0.476 e. The monoisotopic (exact) mass is 232 g/mol. The number of hydrogen-bond donors (Lipinski definition) is 1. The lowest BCUT2D eigenvalue weighted by Gasteiger charge is -2.16. The molecule has 1 rings (SSSR count). The number of rotatable bonds is 5. The molecule has 0 aliphatic heterocycles. The summed E-state index contributed by atoms with van der Waals surface area (Å²) in [6, 6.07) is 8.19. The van der Waals surface area contributed by atoms with Crippen molar-refractivity contribution in [2.75, 3.05) is 0 Å². The first kappa shape index (κ1) is 13.5. The maximum absolute atomic E-state index is 8.77. The van der Waals surface area contributed by atoms with Crippen molar-refractivity contribution in [1.29, 1.82) is 5.26 Å². The number of benzene rings is 1. The van der Waals surface area contributed by atoms with Gasteiger partial charge in [-0.1, -0.05) is 24.6 Å². The van der Waals surface area contributed by atoms with Gasteiger partial charge in [0.2, 0.25) is 0 Å². The Kier molecular flexibility index (Phi) is 4.99. The molecule has 3 nitrogen and oxygen atoms in total. The van der Waals surface area contributed by atoms with Crippen LogP contribution >= 0.6 is 0 Å². The van der Waals surface area contributed by atoms with Crippen molar-refractivity contribution in [2.45, 2.75) is 45.8 Å². The molecule has 92 valence electrons. The highest BCUT2D eigenvalue weighted by atomic mass is 16.5. The van der Waals surface area contributed by atoms with E-state index in [0.717, 1.165) is 24.2 Å². The Morgan fingerprint density at radius 2 is 2.18 bits per heavy atom. The highest BCUT2D eigenvalue weighted by molar-refractivity contribution is 5.37. The fourth-order valence-electron chi connectivity index (χ4n) is 1.63. The zero-order chi connectivity index (χ0) is 12.8. The molecule has 0 saturated heterocycles. The molecule has 0 aliphatic carbocycles. The Hall–Kier alpha value is -1.53. The van der Waals surface area contributed by atoms with Gasteiger partial charge in [0.05, 0.1) is 0 Å². The van der Waals surface area contributed by atoms with Crippen LogP contribution in [0.4, 0.5) is 0 Å². The zero-order valence-corrected chi connectivity index (χ0v) is 10.7. The van der Waals surface area contributed by atoms with Gasteiger partial charge in [0, 0.05) is 6.04 Å². The number of hydrogen-bond acceptors (Lipinski definition) is 3. The van der Waals surface area contributed by atoms with Crippen LogP contribution in [0.2, 0.25) is 0 Å². The van der Waals surface area contributed by atoms with Crippen molar-refractivity contribution in [3.63, 3.8) is 0 Å². The van der Waals surface area contributed by atoms with Gasteiger partial charge in [-0.15, -0.1) is 0 Å². The Morgan fingerprint density at radius 1 is 1.47 bits per heavy atom. The summed E-state index contributed by atoms with van der Waals surface area (Å²) in [4.78, 5) is 0. The molecule has 0 fully saturated rings. The van der Waals surface area contributed by atoms with E-state index < -0.39 is 6.10 Å². The number of nitrogens with two attached hydrogens (primary N) is 1. The molecule has 1 aromatic rings. The maximum Gasteiger partial charge on any atom is 0.181 e. The van der Waals surface area contributed by atoms with E-state index in [9.17, 15) is 0 Å². The van der Waals surface area contributed by atoms with Crippen LogP contribution in [-0.4, -0.2) is 12.1 Å². The van der Waals surface area contributed by atoms with Crippen LogP contribution in [0.15, 0.2) is 18.2 Å². The molecule has 0 heterocycles. The zero-order valence-electron chi connectivity index (χ0n) is 10.7. The van der Waals surface area contributed by atoms with Crippen molar-refractivity contribution in [3.8, 4) is 11.8 Å². The van der Waals surface area contributed by atoms with Crippen LogP contribution in [0, 0.1) is 18.3 Å². The standard InChI is InChI=1S/C14H20N2O/c1-4-13(16)8-12-7-10(2)5-6-14(12)17-11(3)9-15/h5-7,11,13H,4,8,16H2,1-3H3. The minimum atomic E-state index is -0.436. The van der Waals surface area contributed by atoms with Crippen LogP contribution in [0.5, 0.6) is 5.75 Å². The average molecular weight is 232 g/mol. The Balaban J connectivity index is 2.92. The first-order valence-electron chi connectivity index (χ1n) is 5.98. The van der Waals surface area contributed by atoms with Crippen LogP contribution in [0.25, 0.3) is 0 Å². The van der Waals surface area contributed by atoms with Crippen molar-refractivity contribution >= 4 is 0 Å². The van der Waals surface area contributed by atoms with E-state index in [2.05, 4.69) is 19.1 Å². The van der Waals surface area contributed by atoms with E-state index in [1.54, 1.807) is 6.92 Å². The maximum atomic E-state index is 8.77. The predicted molar refractivity (Wildman–Crippen MR) is 68.9 cm³/mol. The molecule has 0 saturated carbocycles. The number of aryl methyl sites for hydroxylation is 1. The summed E-state index contributed by atoms with van der Waals surface area (Å²) in [6.45, 7) is 5.85. The predicted octanol–water partition coefficient (Wildman–Crippen LogP) is 2.57. The quantitative estimate of drug-likeness (QED) is 0.848. The first-order chi connectivity index (χ1) is 8.06. The molecule has 3 heteroatoms. The molecule has 0 radical (unpaired) electrons. The molecule has 0 aromatic heterocycles. The highest BCUT2D eigenvalue weighted by Crippen LogP contribution is 2.23. The highest BCUT2D eigenvalue weighted by Gasteiger charge is 2.10. The fraction of sp³-hybridized carbons (Fsp3) is 0.500. The van der Waals surface area contributed by atoms with Gasteiger partial charge < -0.3 is 10.5 Å². The third kappa shape index (κ3) is 4.08. The van der Waals surface area contributed by atoms with Crippen molar-refractivity contribution < 1.29 is 4.74 Å². The lowest BCUT2D eigenvalue weighted by atomic mass is 10.0. The van der Waals surface area contributed by atoms with E-state index in [0.29, 0.717) is 0 Å². The van der Waals surface area contributed by atoms with Crippen LogP contribution in [0.3, 0.4) is 0 Å². The summed E-state index contributed by atoms with van der Waals surface area (Å²) in [5, 5.41) is 8.77. The molecular weight excluding hydrogens is 212 g/mol.